The first-order chi connectivity index (χ1) is 18.9. The number of carbonyl (C=O) groups excluding carboxylic acids is 1. The molecule has 8 nitrogen and oxygen atoms in total. The highest BCUT2D eigenvalue weighted by molar-refractivity contribution is 8.00. The first-order valence-corrected chi connectivity index (χ1v) is 14.5. The molecule has 7 rings (SSSR count). The maximum absolute atomic E-state index is 13.6. The zero-order chi connectivity index (χ0) is 26.7. The topological polar surface area (TPSA) is 91.5 Å². The van der Waals surface area contributed by atoms with Gasteiger partial charge in [-0.25, -0.2) is 19.5 Å². The summed E-state index contributed by atoms with van der Waals surface area (Å²) in [5.74, 6) is 2.90. The molecule has 39 heavy (non-hydrogen) atoms. The fourth-order valence-corrected chi connectivity index (χ4v) is 7.34. The number of allylic oxidation sites excluding steroid dienone is 2. The van der Waals surface area contributed by atoms with Crippen molar-refractivity contribution in [3.63, 3.8) is 0 Å². The zero-order valence-corrected chi connectivity index (χ0v) is 23.3. The Morgan fingerprint density at radius 2 is 1.95 bits per heavy atom. The van der Waals surface area contributed by atoms with Crippen molar-refractivity contribution in [3.8, 4) is 11.6 Å². The Balaban J connectivity index is 1.31. The fourth-order valence-electron chi connectivity index (χ4n) is 5.42. The molecule has 0 radical (unpaired) electrons. The molecule has 0 fully saturated rings. The third-order valence-corrected chi connectivity index (χ3v) is 9.33. The van der Waals surface area contributed by atoms with Gasteiger partial charge in [-0.05, 0) is 35.2 Å². The predicted octanol–water partition coefficient (Wildman–Crippen LogP) is 6.20. The quantitative estimate of drug-likeness (QED) is 0.237. The highest BCUT2D eigenvalue weighted by atomic mass is 32.2. The lowest BCUT2D eigenvalue weighted by molar-refractivity contribution is -0.118. The molecule has 2 aliphatic rings. The minimum absolute atomic E-state index is 0.0980. The molecule has 0 saturated heterocycles. The average Bonchev–Trinajstić information content (AvgIpc) is 3.53. The molecule has 10 heteroatoms. The number of nitrogens with zero attached hydrogens (tertiary/aromatic N) is 5. The summed E-state index contributed by atoms with van der Waals surface area (Å²) in [7, 11) is 1.64. The SMILES string of the molecule is COc1ccc([C@H]2C3=C(CC(C)(C)CC3=O)Oc3ncn4nc(CSc5nc6ccccc6s5)nc4c32)cc1. The van der Waals surface area contributed by atoms with Crippen LogP contribution in [0.4, 0.5) is 0 Å². The summed E-state index contributed by atoms with van der Waals surface area (Å²) >= 11 is 3.27. The highest BCUT2D eigenvalue weighted by Crippen LogP contribution is 2.50. The minimum Gasteiger partial charge on any atom is -0.497 e. The standard InChI is InChI=1S/C29H25N5O3S2/c1-29(2)12-19(35)24-20(13-29)37-27-25(23(24)16-8-10-17(36-3)11-9-16)26-32-22(33-34(26)15-30-27)14-38-28-31-18-6-4-5-7-21(18)39-28/h4-11,15,23H,12-14H2,1-3H3/t23-/m0/s1. The summed E-state index contributed by atoms with van der Waals surface area (Å²) in [5.41, 5.74) is 3.87. The van der Waals surface area contributed by atoms with Crippen LogP contribution in [0.5, 0.6) is 11.6 Å². The number of carbonyl (C=O) groups is 1. The molecule has 0 bridgehead atoms. The molecule has 5 aromatic rings. The van der Waals surface area contributed by atoms with Gasteiger partial charge in [-0.3, -0.25) is 4.79 Å². The van der Waals surface area contributed by atoms with Crippen LogP contribution in [0.25, 0.3) is 15.9 Å². The van der Waals surface area contributed by atoms with E-state index in [0.717, 1.165) is 31.4 Å². The molecular weight excluding hydrogens is 530 g/mol. The van der Waals surface area contributed by atoms with Crippen molar-refractivity contribution in [2.45, 2.75) is 42.7 Å². The molecule has 1 aliphatic heterocycles. The third-order valence-electron chi connectivity index (χ3n) is 7.16. The number of thioether (sulfide) groups is 1. The number of hydrogen-bond donors (Lipinski definition) is 0. The van der Waals surface area contributed by atoms with Gasteiger partial charge in [-0.1, -0.05) is 49.9 Å². The number of aromatic nitrogens is 5. The van der Waals surface area contributed by atoms with Crippen molar-refractivity contribution in [1.82, 2.24) is 24.6 Å². The van der Waals surface area contributed by atoms with Gasteiger partial charge in [0.25, 0.3) is 0 Å². The summed E-state index contributed by atoms with van der Waals surface area (Å²) in [6.45, 7) is 4.20. The van der Waals surface area contributed by atoms with E-state index in [1.165, 1.54) is 0 Å². The Morgan fingerprint density at radius 3 is 2.74 bits per heavy atom. The Labute approximate surface area is 233 Å². The van der Waals surface area contributed by atoms with Gasteiger partial charge < -0.3 is 9.47 Å². The molecule has 3 aromatic heterocycles. The lowest BCUT2D eigenvalue weighted by atomic mass is 9.70. The summed E-state index contributed by atoms with van der Waals surface area (Å²) in [6, 6.07) is 15.9. The van der Waals surface area contributed by atoms with Crippen molar-refractivity contribution in [2.75, 3.05) is 7.11 Å². The van der Waals surface area contributed by atoms with Gasteiger partial charge >= 0.3 is 0 Å². The minimum atomic E-state index is -0.358. The second-order valence-corrected chi connectivity index (χ2v) is 12.8. The number of para-hydroxylation sites is 1. The third kappa shape index (κ3) is 4.28. The number of Topliss-reactive ketones (excluding diaryl/α,β-unsaturated/α-hetero) is 1. The van der Waals surface area contributed by atoms with Crippen LogP contribution in [0.3, 0.4) is 0 Å². The van der Waals surface area contributed by atoms with E-state index < -0.39 is 0 Å². The molecule has 4 heterocycles. The van der Waals surface area contributed by atoms with Gasteiger partial charge in [0.05, 0.1) is 28.6 Å². The van der Waals surface area contributed by atoms with E-state index in [1.807, 2.05) is 42.5 Å². The molecule has 2 aromatic carbocycles. The average molecular weight is 556 g/mol. The molecule has 1 aliphatic carbocycles. The van der Waals surface area contributed by atoms with Gasteiger partial charge in [-0.15, -0.1) is 16.4 Å². The van der Waals surface area contributed by atoms with E-state index in [9.17, 15) is 4.79 Å². The number of benzene rings is 2. The van der Waals surface area contributed by atoms with Gasteiger partial charge in [0, 0.05) is 24.3 Å². The molecule has 1 atom stereocenters. The zero-order valence-electron chi connectivity index (χ0n) is 21.7. The molecule has 0 spiro atoms. The summed E-state index contributed by atoms with van der Waals surface area (Å²) in [6.07, 6.45) is 2.77. The normalized spacial score (nSPS) is 18.2. The number of hydrogen-bond acceptors (Lipinski definition) is 9. The maximum Gasteiger partial charge on any atom is 0.228 e. The van der Waals surface area contributed by atoms with E-state index >= 15 is 0 Å². The van der Waals surface area contributed by atoms with Gasteiger partial charge in [0.15, 0.2) is 21.6 Å². The number of ether oxygens (including phenoxy) is 2. The van der Waals surface area contributed by atoms with Crippen molar-refractivity contribution < 1.29 is 14.3 Å². The van der Waals surface area contributed by atoms with Crippen molar-refractivity contribution >= 4 is 44.7 Å². The Bertz CT molecular complexity index is 1760. The van der Waals surface area contributed by atoms with Crippen LogP contribution in [0.15, 0.2) is 70.5 Å². The largest absolute Gasteiger partial charge is 0.497 e. The molecule has 0 unspecified atom stereocenters. The van der Waals surface area contributed by atoms with Crippen LogP contribution < -0.4 is 9.47 Å². The predicted molar refractivity (Wildman–Crippen MR) is 150 cm³/mol. The van der Waals surface area contributed by atoms with Crippen LogP contribution in [0.2, 0.25) is 0 Å². The van der Waals surface area contributed by atoms with Gasteiger partial charge in [0.2, 0.25) is 5.88 Å². The monoisotopic (exact) mass is 555 g/mol. The van der Waals surface area contributed by atoms with E-state index in [2.05, 4.69) is 24.9 Å². The van der Waals surface area contributed by atoms with Crippen molar-refractivity contribution in [3.05, 3.63) is 83.1 Å². The lowest BCUT2D eigenvalue weighted by Gasteiger charge is -2.37. The molecule has 0 N–H and O–H groups in total. The Morgan fingerprint density at radius 1 is 1.13 bits per heavy atom. The number of fused-ring (bicyclic) bond motifs is 4. The Hall–Kier alpha value is -3.76. The first-order valence-electron chi connectivity index (χ1n) is 12.7. The van der Waals surface area contributed by atoms with E-state index in [-0.39, 0.29) is 17.1 Å². The van der Waals surface area contributed by atoms with Crippen LogP contribution in [0.1, 0.15) is 49.6 Å². The lowest BCUT2D eigenvalue weighted by Crippen LogP contribution is -2.33. The number of thiazole rings is 1. The number of methoxy groups -OCH3 is 1. The smallest absolute Gasteiger partial charge is 0.228 e. The maximum atomic E-state index is 13.6. The second kappa shape index (κ2) is 9.17. The summed E-state index contributed by atoms with van der Waals surface area (Å²) in [5, 5.41) is 4.71. The summed E-state index contributed by atoms with van der Waals surface area (Å²) < 4.78 is 15.6. The van der Waals surface area contributed by atoms with Gasteiger partial charge in [0.1, 0.15) is 17.8 Å². The Kier molecular flexibility index (Phi) is 5.71. The van der Waals surface area contributed by atoms with Crippen LogP contribution in [-0.4, -0.2) is 37.5 Å². The second-order valence-electron chi connectivity index (χ2n) is 10.6. The molecule has 0 amide bonds. The van der Waals surface area contributed by atoms with Crippen molar-refractivity contribution in [1.29, 1.82) is 0 Å². The highest BCUT2D eigenvalue weighted by Gasteiger charge is 2.44. The number of ketones is 1. The number of rotatable bonds is 5. The fraction of sp³-hybridized carbons (Fsp3) is 0.276. The molecular formula is C29H25N5O3S2. The van der Waals surface area contributed by atoms with E-state index in [1.54, 1.807) is 41.1 Å². The van der Waals surface area contributed by atoms with Crippen LogP contribution >= 0.6 is 23.1 Å². The van der Waals surface area contributed by atoms with Gasteiger partial charge in [-0.2, -0.15) is 0 Å². The summed E-state index contributed by atoms with van der Waals surface area (Å²) in [4.78, 5) is 27.9. The van der Waals surface area contributed by atoms with E-state index in [0.29, 0.717) is 47.3 Å². The van der Waals surface area contributed by atoms with Crippen LogP contribution in [0, 0.1) is 5.41 Å². The molecule has 196 valence electrons. The molecule has 0 saturated carbocycles. The van der Waals surface area contributed by atoms with Crippen molar-refractivity contribution in [2.24, 2.45) is 5.41 Å². The van der Waals surface area contributed by atoms with E-state index in [4.69, 9.17) is 24.5 Å². The van der Waals surface area contributed by atoms with Crippen LogP contribution in [-0.2, 0) is 10.5 Å². The first kappa shape index (κ1) is 24.3.